The van der Waals surface area contributed by atoms with Gasteiger partial charge in [-0.25, -0.2) is 0 Å². The van der Waals surface area contributed by atoms with Crippen LogP contribution in [0.15, 0.2) is 0 Å². The van der Waals surface area contributed by atoms with Crippen molar-refractivity contribution in [2.45, 2.75) is 33.1 Å². The molecular weight excluding hydrogens is 98.1 g/mol. The van der Waals surface area contributed by atoms with E-state index in [1.165, 1.54) is 19.3 Å². The minimum atomic E-state index is 0.597. The normalized spacial score (nSPS) is 13.9. The Hall–Kier alpha value is -0.0400. The maximum absolute atomic E-state index is 6.99. The molecule has 0 amide bonds. The van der Waals surface area contributed by atoms with Crippen LogP contribution < -0.4 is 5.73 Å². The van der Waals surface area contributed by atoms with Gasteiger partial charge in [0, 0.05) is 6.54 Å². The molecule has 0 aliphatic carbocycles. The second-order valence-corrected chi connectivity index (χ2v) is 2.45. The molecule has 0 saturated heterocycles. The highest BCUT2D eigenvalue weighted by molar-refractivity contribution is 4.50. The van der Waals surface area contributed by atoms with Crippen LogP contribution in [-0.4, -0.2) is 6.54 Å². The average molecular weight is 114 g/mol. The molecule has 0 heterocycles. The zero-order valence-electron chi connectivity index (χ0n) is 5.91. The van der Waals surface area contributed by atoms with Crippen molar-refractivity contribution in [3.05, 3.63) is 0 Å². The number of unbranched alkanes of at least 4 members (excludes halogenated alkanes) is 1. The first kappa shape index (κ1) is 7.96. The molecule has 1 unspecified atom stereocenters. The van der Waals surface area contributed by atoms with E-state index in [0.717, 1.165) is 0 Å². The fourth-order valence-electron chi connectivity index (χ4n) is 0.655. The van der Waals surface area contributed by atoms with Gasteiger partial charge in [0.25, 0.3) is 0 Å². The van der Waals surface area contributed by atoms with Crippen LogP contribution in [0.2, 0.25) is 0 Å². The van der Waals surface area contributed by atoms with Crippen molar-refractivity contribution in [1.29, 1.82) is 0 Å². The lowest BCUT2D eigenvalue weighted by Crippen LogP contribution is -2.00. The Morgan fingerprint density at radius 2 is 2.12 bits per heavy atom. The van der Waals surface area contributed by atoms with Gasteiger partial charge in [-0.15, -0.1) is 0 Å². The summed E-state index contributed by atoms with van der Waals surface area (Å²) in [5.74, 6) is 0.620. The van der Waals surface area contributed by atoms with Crippen LogP contribution in [0.5, 0.6) is 0 Å². The first-order valence-electron chi connectivity index (χ1n) is 3.45. The number of hydrogen-bond acceptors (Lipinski definition) is 0. The summed E-state index contributed by atoms with van der Waals surface area (Å²) < 4.78 is 0. The average Bonchev–Trinajstić information content (AvgIpc) is 1.83. The van der Waals surface area contributed by atoms with Gasteiger partial charge >= 0.3 is 0 Å². The molecule has 0 aliphatic heterocycles. The molecule has 1 nitrogen and oxygen atoms in total. The summed E-state index contributed by atoms with van der Waals surface area (Å²) in [5.41, 5.74) is 6.99. The minimum absolute atomic E-state index is 0.597. The summed E-state index contributed by atoms with van der Waals surface area (Å²) in [7, 11) is 0. The summed E-state index contributed by atoms with van der Waals surface area (Å²) >= 11 is 0. The van der Waals surface area contributed by atoms with Crippen LogP contribution in [0, 0.1) is 5.92 Å². The summed E-state index contributed by atoms with van der Waals surface area (Å²) in [6.45, 7) is 4.93. The standard InChI is InChI=1S/C7H16N/c1-3-4-5-7(2)6-8/h7-8H,3-6H2,1-2H3. The fourth-order valence-corrected chi connectivity index (χ4v) is 0.655. The lowest BCUT2D eigenvalue weighted by Gasteiger charge is -2.03. The van der Waals surface area contributed by atoms with Gasteiger partial charge in [0.05, 0.1) is 0 Å². The van der Waals surface area contributed by atoms with Gasteiger partial charge in [0.2, 0.25) is 0 Å². The van der Waals surface area contributed by atoms with Crippen molar-refractivity contribution in [3.63, 3.8) is 0 Å². The molecule has 0 aromatic rings. The highest BCUT2D eigenvalue weighted by Gasteiger charge is 1.95. The minimum Gasteiger partial charge on any atom is -0.258 e. The Morgan fingerprint density at radius 1 is 1.50 bits per heavy atom. The highest BCUT2D eigenvalue weighted by Crippen LogP contribution is 2.04. The molecule has 0 saturated carbocycles. The van der Waals surface area contributed by atoms with Gasteiger partial charge in [0.1, 0.15) is 0 Å². The molecular formula is C7H16N. The Bertz CT molecular complexity index is 43.7. The highest BCUT2D eigenvalue weighted by atomic mass is 14.5. The molecule has 0 spiro atoms. The van der Waals surface area contributed by atoms with Crippen molar-refractivity contribution in [3.8, 4) is 0 Å². The van der Waals surface area contributed by atoms with Crippen molar-refractivity contribution in [2.24, 2.45) is 5.92 Å². The first-order valence-corrected chi connectivity index (χ1v) is 3.45. The van der Waals surface area contributed by atoms with Gasteiger partial charge in [0.15, 0.2) is 0 Å². The second-order valence-electron chi connectivity index (χ2n) is 2.45. The zero-order valence-corrected chi connectivity index (χ0v) is 5.91. The second kappa shape index (κ2) is 5.10. The molecule has 1 heteroatoms. The Labute approximate surface area is 52.3 Å². The van der Waals surface area contributed by atoms with Crippen LogP contribution >= 0.6 is 0 Å². The van der Waals surface area contributed by atoms with E-state index < -0.39 is 0 Å². The SMILES string of the molecule is CCCCC(C)C[NH]. The molecule has 0 bridgehead atoms. The third kappa shape index (κ3) is 4.13. The lowest BCUT2D eigenvalue weighted by molar-refractivity contribution is 0.510. The van der Waals surface area contributed by atoms with Gasteiger partial charge in [-0.1, -0.05) is 26.7 Å². The number of nitrogens with one attached hydrogen (secondary N) is 1. The maximum Gasteiger partial charge on any atom is 0.0125 e. The fraction of sp³-hybridized carbons (Fsp3) is 1.00. The summed E-state index contributed by atoms with van der Waals surface area (Å²) in [6, 6.07) is 0. The van der Waals surface area contributed by atoms with Gasteiger partial charge in [-0.2, -0.15) is 0 Å². The predicted octanol–water partition coefficient (Wildman–Crippen LogP) is 2.10. The molecule has 0 aromatic heterocycles. The number of rotatable bonds is 4. The molecule has 1 N–H and O–H groups in total. The summed E-state index contributed by atoms with van der Waals surface area (Å²) in [6.07, 6.45) is 3.80. The van der Waals surface area contributed by atoms with Crippen LogP contribution in [0.1, 0.15) is 33.1 Å². The third-order valence-electron chi connectivity index (χ3n) is 1.40. The quantitative estimate of drug-likeness (QED) is 0.534. The molecule has 1 radical (unpaired) electrons. The van der Waals surface area contributed by atoms with E-state index in [1.54, 1.807) is 0 Å². The molecule has 1 atom stereocenters. The Morgan fingerprint density at radius 3 is 2.50 bits per heavy atom. The topological polar surface area (TPSA) is 23.8 Å². The summed E-state index contributed by atoms with van der Waals surface area (Å²) in [4.78, 5) is 0. The predicted molar refractivity (Wildman–Crippen MR) is 36.7 cm³/mol. The van der Waals surface area contributed by atoms with E-state index in [1.807, 2.05) is 0 Å². The molecule has 49 valence electrons. The molecule has 0 rings (SSSR count). The Balaban J connectivity index is 2.86. The smallest absolute Gasteiger partial charge is 0.0125 e. The van der Waals surface area contributed by atoms with Crippen molar-refractivity contribution >= 4 is 0 Å². The molecule has 0 aliphatic rings. The van der Waals surface area contributed by atoms with Crippen LogP contribution in [0.3, 0.4) is 0 Å². The van der Waals surface area contributed by atoms with E-state index in [4.69, 9.17) is 5.73 Å². The Kier molecular flexibility index (Phi) is 5.08. The monoisotopic (exact) mass is 114 g/mol. The largest absolute Gasteiger partial charge is 0.258 e. The van der Waals surface area contributed by atoms with E-state index in [-0.39, 0.29) is 0 Å². The molecule has 0 fully saturated rings. The summed E-state index contributed by atoms with van der Waals surface area (Å²) in [5, 5.41) is 0. The van der Waals surface area contributed by atoms with E-state index in [2.05, 4.69) is 13.8 Å². The van der Waals surface area contributed by atoms with Gasteiger partial charge < -0.3 is 0 Å². The van der Waals surface area contributed by atoms with Gasteiger partial charge in [-0.05, 0) is 12.3 Å². The van der Waals surface area contributed by atoms with Crippen molar-refractivity contribution in [2.75, 3.05) is 6.54 Å². The van der Waals surface area contributed by atoms with E-state index in [0.29, 0.717) is 12.5 Å². The van der Waals surface area contributed by atoms with Crippen LogP contribution in [-0.2, 0) is 0 Å². The van der Waals surface area contributed by atoms with Crippen LogP contribution in [0.4, 0.5) is 0 Å². The number of hydrogen-bond donors (Lipinski definition) is 0. The van der Waals surface area contributed by atoms with Crippen molar-refractivity contribution in [1.82, 2.24) is 5.73 Å². The van der Waals surface area contributed by atoms with E-state index >= 15 is 0 Å². The zero-order chi connectivity index (χ0) is 6.41. The van der Waals surface area contributed by atoms with E-state index in [9.17, 15) is 0 Å². The lowest BCUT2D eigenvalue weighted by atomic mass is 10.1. The van der Waals surface area contributed by atoms with Crippen molar-refractivity contribution < 1.29 is 0 Å². The van der Waals surface area contributed by atoms with Gasteiger partial charge in [-0.3, -0.25) is 5.73 Å². The maximum atomic E-state index is 6.99. The molecule has 8 heavy (non-hydrogen) atoms. The third-order valence-corrected chi connectivity index (χ3v) is 1.40. The van der Waals surface area contributed by atoms with Crippen LogP contribution in [0.25, 0.3) is 0 Å². The molecule has 0 aromatic carbocycles. The first-order chi connectivity index (χ1) is 3.81.